The summed E-state index contributed by atoms with van der Waals surface area (Å²) < 4.78 is 5.34. The molecule has 0 radical (unpaired) electrons. The zero-order chi connectivity index (χ0) is 11.0. The maximum absolute atomic E-state index is 5.46. The monoisotopic (exact) mass is 215 g/mol. The summed E-state index contributed by atoms with van der Waals surface area (Å²) in [4.78, 5) is 0. The molecule has 1 aromatic carbocycles. The average molecular weight is 215 g/mol. The Kier molecular flexibility index (Phi) is 1.96. The van der Waals surface area contributed by atoms with Crippen molar-refractivity contribution in [3.05, 3.63) is 41.8 Å². The summed E-state index contributed by atoms with van der Waals surface area (Å²) in [6.07, 6.45) is 3.16. The van der Waals surface area contributed by atoms with Crippen LogP contribution >= 0.6 is 0 Å². The van der Waals surface area contributed by atoms with Crippen molar-refractivity contribution in [1.29, 1.82) is 0 Å². The summed E-state index contributed by atoms with van der Waals surface area (Å²) in [7, 11) is 0. The van der Waals surface area contributed by atoms with Crippen LogP contribution in [-0.2, 0) is 11.8 Å². The normalized spacial score (nSPS) is 17.2. The van der Waals surface area contributed by atoms with Crippen molar-refractivity contribution in [2.75, 3.05) is 5.73 Å². The third-order valence-corrected chi connectivity index (χ3v) is 3.13. The van der Waals surface area contributed by atoms with Gasteiger partial charge in [0.05, 0.1) is 5.41 Å². The second-order valence-electron chi connectivity index (χ2n) is 4.39. The van der Waals surface area contributed by atoms with E-state index >= 15 is 0 Å². The van der Waals surface area contributed by atoms with Gasteiger partial charge in [0.1, 0.15) is 0 Å². The maximum atomic E-state index is 5.46. The van der Waals surface area contributed by atoms with Gasteiger partial charge in [-0.25, -0.2) is 0 Å². The highest BCUT2D eigenvalue weighted by Crippen LogP contribution is 2.50. The minimum Gasteiger partial charge on any atom is -0.408 e. The molecule has 82 valence electrons. The Hall–Kier alpha value is -1.84. The molecule has 0 spiro atoms. The summed E-state index contributed by atoms with van der Waals surface area (Å²) in [5.41, 5.74) is 6.81. The molecular formula is C12H13N3O. The van der Waals surface area contributed by atoms with Crippen molar-refractivity contribution in [3.8, 4) is 0 Å². The van der Waals surface area contributed by atoms with E-state index in [9.17, 15) is 0 Å². The fourth-order valence-corrected chi connectivity index (χ4v) is 2.05. The zero-order valence-electron chi connectivity index (χ0n) is 8.89. The number of nitrogen functional groups attached to an aromatic ring is 1. The first-order valence-corrected chi connectivity index (χ1v) is 5.42. The van der Waals surface area contributed by atoms with E-state index in [2.05, 4.69) is 22.3 Å². The Morgan fingerprint density at radius 1 is 1.19 bits per heavy atom. The van der Waals surface area contributed by atoms with Crippen LogP contribution in [0.2, 0.25) is 0 Å². The molecule has 1 aromatic heterocycles. The lowest BCUT2D eigenvalue weighted by Gasteiger charge is -2.09. The van der Waals surface area contributed by atoms with E-state index in [1.807, 2.05) is 18.2 Å². The molecule has 0 saturated heterocycles. The number of anilines is 1. The van der Waals surface area contributed by atoms with Crippen molar-refractivity contribution in [2.24, 2.45) is 0 Å². The highest BCUT2D eigenvalue weighted by molar-refractivity contribution is 5.26. The van der Waals surface area contributed by atoms with Crippen molar-refractivity contribution in [2.45, 2.75) is 24.7 Å². The average Bonchev–Trinajstić information content (AvgIpc) is 2.94. The molecule has 0 unspecified atom stereocenters. The molecule has 0 amide bonds. The second-order valence-corrected chi connectivity index (χ2v) is 4.39. The quantitative estimate of drug-likeness (QED) is 0.849. The predicted molar refractivity (Wildman–Crippen MR) is 59.8 cm³/mol. The van der Waals surface area contributed by atoms with Gasteiger partial charge in [0.25, 0.3) is 0 Å². The first-order valence-electron chi connectivity index (χ1n) is 5.42. The number of nitrogens with zero attached hydrogens (tertiary/aromatic N) is 2. The van der Waals surface area contributed by atoms with Crippen LogP contribution in [0.1, 0.15) is 24.3 Å². The highest BCUT2D eigenvalue weighted by Gasteiger charge is 2.49. The van der Waals surface area contributed by atoms with Crippen molar-refractivity contribution < 1.29 is 4.42 Å². The molecule has 0 bridgehead atoms. The first kappa shape index (κ1) is 9.39. The molecule has 2 aromatic rings. The van der Waals surface area contributed by atoms with Gasteiger partial charge in [0.2, 0.25) is 5.89 Å². The molecule has 0 atom stereocenters. The van der Waals surface area contributed by atoms with E-state index in [1.165, 1.54) is 5.56 Å². The van der Waals surface area contributed by atoms with Gasteiger partial charge in [0.15, 0.2) is 0 Å². The molecule has 4 heteroatoms. The number of aromatic nitrogens is 2. The Morgan fingerprint density at radius 3 is 2.50 bits per heavy atom. The summed E-state index contributed by atoms with van der Waals surface area (Å²) in [6.45, 7) is 0. The van der Waals surface area contributed by atoms with E-state index in [-0.39, 0.29) is 11.4 Å². The van der Waals surface area contributed by atoms with Gasteiger partial charge in [-0.2, -0.15) is 0 Å². The summed E-state index contributed by atoms with van der Waals surface area (Å²) in [6, 6.07) is 10.5. The summed E-state index contributed by atoms with van der Waals surface area (Å²) in [5, 5.41) is 7.73. The number of hydrogen-bond acceptors (Lipinski definition) is 4. The van der Waals surface area contributed by atoms with Crippen LogP contribution < -0.4 is 5.73 Å². The molecule has 4 nitrogen and oxygen atoms in total. The van der Waals surface area contributed by atoms with Crippen LogP contribution in [0.25, 0.3) is 0 Å². The van der Waals surface area contributed by atoms with Gasteiger partial charge in [0, 0.05) is 0 Å². The summed E-state index contributed by atoms with van der Waals surface area (Å²) in [5.74, 6) is 0.689. The van der Waals surface area contributed by atoms with Crippen LogP contribution in [-0.4, -0.2) is 10.2 Å². The van der Waals surface area contributed by atoms with Crippen molar-refractivity contribution in [1.82, 2.24) is 10.2 Å². The molecule has 0 aliphatic heterocycles. The first-order chi connectivity index (χ1) is 7.78. The number of benzene rings is 1. The minimum absolute atomic E-state index is 0.0476. The molecule has 1 aliphatic rings. The van der Waals surface area contributed by atoms with Gasteiger partial charge < -0.3 is 10.2 Å². The highest BCUT2D eigenvalue weighted by atomic mass is 16.4. The summed E-state index contributed by atoms with van der Waals surface area (Å²) >= 11 is 0. The Morgan fingerprint density at radius 2 is 1.94 bits per heavy atom. The lowest BCUT2D eigenvalue weighted by atomic mass is 9.96. The predicted octanol–water partition coefficient (Wildman–Crippen LogP) is 1.93. The molecule has 16 heavy (non-hydrogen) atoms. The lowest BCUT2D eigenvalue weighted by molar-refractivity contribution is 0.442. The van der Waals surface area contributed by atoms with E-state index < -0.39 is 0 Å². The Balaban J connectivity index is 1.85. The fourth-order valence-electron chi connectivity index (χ4n) is 2.05. The number of nitrogens with two attached hydrogens (primary N) is 1. The van der Waals surface area contributed by atoms with Crippen molar-refractivity contribution in [3.63, 3.8) is 0 Å². The van der Waals surface area contributed by atoms with Crippen LogP contribution in [0.5, 0.6) is 0 Å². The minimum atomic E-state index is 0.0476. The molecule has 1 aliphatic carbocycles. The second kappa shape index (κ2) is 3.33. The van der Waals surface area contributed by atoms with E-state index in [4.69, 9.17) is 10.2 Å². The van der Waals surface area contributed by atoms with Gasteiger partial charge in [-0.3, -0.25) is 0 Å². The van der Waals surface area contributed by atoms with E-state index in [0.717, 1.165) is 19.3 Å². The van der Waals surface area contributed by atoms with Gasteiger partial charge in [-0.15, -0.1) is 5.10 Å². The van der Waals surface area contributed by atoms with Gasteiger partial charge in [-0.1, -0.05) is 35.4 Å². The molecule has 3 rings (SSSR count). The SMILES string of the molecule is Nc1nnc(C2(Cc3ccccc3)CC2)o1. The fraction of sp³-hybridized carbons (Fsp3) is 0.333. The van der Waals surface area contributed by atoms with Gasteiger partial charge in [-0.05, 0) is 24.8 Å². The number of hydrogen-bond donors (Lipinski definition) is 1. The maximum Gasteiger partial charge on any atom is 0.312 e. The molecular weight excluding hydrogens is 202 g/mol. The topological polar surface area (TPSA) is 64.9 Å². The zero-order valence-corrected chi connectivity index (χ0v) is 8.89. The standard InChI is InChI=1S/C12H13N3O/c13-11-15-14-10(16-11)12(6-7-12)8-9-4-2-1-3-5-9/h1-5H,6-8H2,(H2,13,15). The van der Waals surface area contributed by atoms with E-state index in [0.29, 0.717) is 5.89 Å². The molecule has 1 saturated carbocycles. The van der Waals surface area contributed by atoms with Crippen LogP contribution in [0.3, 0.4) is 0 Å². The smallest absolute Gasteiger partial charge is 0.312 e. The third-order valence-electron chi connectivity index (χ3n) is 3.13. The van der Waals surface area contributed by atoms with Gasteiger partial charge >= 0.3 is 6.01 Å². The van der Waals surface area contributed by atoms with Crippen LogP contribution in [0, 0.1) is 0 Å². The number of rotatable bonds is 3. The van der Waals surface area contributed by atoms with Crippen LogP contribution in [0.15, 0.2) is 34.7 Å². The largest absolute Gasteiger partial charge is 0.408 e. The molecule has 1 fully saturated rings. The molecule has 1 heterocycles. The lowest BCUT2D eigenvalue weighted by Crippen LogP contribution is -2.11. The third kappa shape index (κ3) is 1.56. The molecule has 2 N–H and O–H groups in total. The van der Waals surface area contributed by atoms with Crippen molar-refractivity contribution >= 4 is 6.01 Å². The Labute approximate surface area is 93.5 Å². The van der Waals surface area contributed by atoms with E-state index in [1.54, 1.807) is 0 Å². The van der Waals surface area contributed by atoms with Crippen LogP contribution in [0.4, 0.5) is 6.01 Å². The Bertz CT molecular complexity index is 488.